The molecule has 5 heteroatoms. The van der Waals surface area contributed by atoms with E-state index in [4.69, 9.17) is 22.9 Å². The van der Waals surface area contributed by atoms with Gasteiger partial charge in [-0.1, -0.05) is 25.1 Å². The minimum absolute atomic E-state index is 0.0722. The highest BCUT2D eigenvalue weighted by atomic mass is 16.5. The Morgan fingerprint density at radius 2 is 2.21 bits per heavy atom. The summed E-state index contributed by atoms with van der Waals surface area (Å²) in [5.74, 6) is 0.290. The van der Waals surface area contributed by atoms with Crippen LogP contribution in [0.1, 0.15) is 40.1 Å². The highest BCUT2D eigenvalue weighted by Gasteiger charge is 2.62. The van der Waals surface area contributed by atoms with Crippen molar-refractivity contribution < 1.29 is 12.2 Å². The molecular formula is C23H27N3O2. The molecule has 2 aliphatic carbocycles. The summed E-state index contributed by atoms with van der Waals surface area (Å²) in [6, 6.07) is 11.9. The van der Waals surface area contributed by atoms with Gasteiger partial charge >= 0.3 is 0 Å². The summed E-state index contributed by atoms with van der Waals surface area (Å²) in [7, 11) is 1.76. The number of benzene rings is 1. The predicted octanol–water partition coefficient (Wildman–Crippen LogP) is 3.67. The molecule has 2 spiro atoms. The van der Waals surface area contributed by atoms with E-state index in [0.717, 1.165) is 48.1 Å². The van der Waals surface area contributed by atoms with E-state index in [-0.39, 0.29) is 18.0 Å². The summed E-state index contributed by atoms with van der Waals surface area (Å²) in [4.78, 5) is 9.22. The van der Waals surface area contributed by atoms with E-state index >= 15 is 0 Å². The van der Waals surface area contributed by atoms with Crippen LogP contribution in [-0.4, -0.2) is 30.8 Å². The molecule has 2 N–H and O–H groups in total. The molecule has 1 saturated carbocycles. The van der Waals surface area contributed by atoms with Crippen molar-refractivity contribution >= 4 is 6.02 Å². The summed E-state index contributed by atoms with van der Waals surface area (Å²) in [6.07, 6.45) is 5.18. The predicted molar refractivity (Wildman–Crippen MR) is 109 cm³/mol. The van der Waals surface area contributed by atoms with Crippen molar-refractivity contribution in [2.24, 2.45) is 22.1 Å². The minimum atomic E-state index is -2.02. The van der Waals surface area contributed by atoms with Crippen LogP contribution >= 0.6 is 0 Å². The van der Waals surface area contributed by atoms with Crippen molar-refractivity contribution in [3.05, 3.63) is 53.7 Å². The van der Waals surface area contributed by atoms with Crippen LogP contribution in [-0.2, 0) is 21.4 Å². The van der Waals surface area contributed by atoms with Gasteiger partial charge in [-0.05, 0) is 60.9 Å². The summed E-state index contributed by atoms with van der Waals surface area (Å²) in [6.45, 7) is 0.161. The molecule has 0 bridgehead atoms. The zero-order valence-corrected chi connectivity index (χ0v) is 16.3. The van der Waals surface area contributed by atoms with Gasteiger partial charge in [0.1, 0.15) is 12.1 Å². The van der Waals surface area contributed by atoms with E-state index in [0.29, 0.717) is 0 Å². The molecule has 4 atom stereocenters. The molecule has 0 radical (unpaired) electrons. The van der Waals surface area contributed by atoms with Gasteiger partial charge in [0.15, 0.2) is 0 Å². The van der Waals surface area contributed by atoms with Crippen LogP contribution in [0.25, 0.3) is 11.3 Å². The van der Waals surface area contributed by atoms with Crippen LogP contribution in [0.3, 0.4) is 0 Å². The Bertz CT molecular complexity index is 1010. The Morgan fingerprint density at radius 3 is 2.89 bits per heavy atom. The molecule has 3 aliphatic rings. The van der Waals surface area contributed by atoms with Gasteiger partial charge in [-0.25, -0.2) is 4.99 Å². The summed E-state index contributed by atoms with van der Waals surface area (Å²) >= 11 is 0. The number of nitrogens with two attached hydrogens (primary N) is 1. The van der Waals surface area contributed by atoms with E-state index in [2.05, 4.69) is 24.0 Å². The first-order valence-corrected chi connectivity index (χ1v) is 9.94. The Kier molecular flexibility index (Phi) is 3.50. The Hall–Kier alpha value is -2.40. The highest BCUT2D eigenvalue weighted by molar-refractivity contribution is 5.75. The van der Waals surface area contributed by atoms with Crippen LogP contribution in [0.15, 0.2) is 47.6 Å². The fourth-order valence-corrected chi connectivity index (χ4v) is 5.61. The van der Waals surface area contributed by atoms with Gasteiger partial charge in [-0.2, -0.15) is 0 Å². The lowest BCUT2D eigenvalue weighted by atomic mass is 9.59. The molecule has 5 rings (SSSR count). The third-order valence-corrected chi connectivity index (χ3v) is 6.90. The molecule has 5 nitrogen and oxygen atoms in total. The maximum absolute atomic E-state index is 8.89. The first-order valence-electron chi connectivity index (χ1n) is 10.9. The van der Waals surface area contributed by atoms with Gasteiger partial charge < -0.3 is 15.2 Å². The number of hydrogen-bond acceptors (Lipinski definition) is 5. The van der Waals surface area contributed by atoms with Gasteiger partial charge in [-0.3, -0.25) is 4.98 Å². The molecule has 0 amide bonds. The van der Waals surface area contributed by atoms with Crippen molar-refractivity contribution in [3.63, 3.8) is 0 Å². The lowest BCUT2D eigenvalue weighted by molar-refractivity contribution is -0.0445. The number of pyridine rings is 1. The lowest BCUT2D eigenvalue weighted by Crippen LogP contribution is -2.48. The number of fused-ring (bicyclic) bond motifs is 3. The van der Waals surface area contributed by atoms with Gasteiger partial charge in [0.2, 0.25) is 0 Å². The number of rotatable bonds is 2. The zero-order chi connectivity index (χ0) is 21.1. The van der Waals surface area contributed by atoms with Crippen LogP contribution in [0.4, 0.5) is 0 Å². The first kappa shape index (κ1) is 15.5. The molecule has 0 saturated heterocycles. The first-order chi connectivity index (χ1) is 14.3. The quantitative estimate of drug-likeness (QED) is 0.864. The number of aliphatic imine (C=N–C) groups is 1. The van der Waals surface area contributed by atoms with E-state index in [1.165, 1.54) is 0 Å². The lowest BCUT2D eigenvalue weighted by Gasteiger charge is -2.47. The molecule has 1 aromatic carbocycles. The maximum atomic E-state index is 8.89. The Balaban J connectivity index is 1.70. The fourth-order valence-electron chi connectivity index (χ4n) is 5.61. The highest BCUT2D eigenvalue weighted by Crippen LogP contribution is 2.62. The monoisotopic (exact) mass is 379 g/mol. The van der Waals surface area contributed by atoms with Crippen LogP contribution < -0.4 is 5.73 Å². The van der Waals surface area contributed by atoms with E-state index in [1.54, 1.807) is 13.3 Å². The fraction of sp³-hybridized carbons (Fsp3) is 0.478. The van der Waals surface area contributed by atoms with Crippen molar-refractivity contribution in [1.82, 2.24) is 4.98 Å². The van der Waals surface area contributed by atoms with E-state index < -0.39 is 17.5 Å². The SMILES string of the molecule is [2H]C1([2H])OC(N)=N[C@@]12c1cc(-c3ccccn3)ccc1C[C@@]21CC[C@H](OC)[C@@H](C)C1. The van der Waals surface area contributed by atoms with Crippen LogP contribution in [0.2, 0.25) is 0 Å². The van der Waals surface area contributed by atoms with Crippen LogP contribution in [0, 0.1) is 11.3 Å². The van der Waals surface area contributed by atoms with Gasteiger partial charge in [0, 0.05) is 24.3 Å². The number of amidine groups is 1. The minimum Gasteiger partial charge on any atom is -0.462 e. The second kappa shape index (κ2) is 6.31. The molecule has 2 aromatic rings. The second-order valence-corrected chi connectivity index (χ2v) is 8.40. The van der Waals surface area contributed by atoms with Crippen molar-refractivity contribution in [1.29, 1.82) is 0 Å². The summed E-state index contributed by atoms with van der Waals surface area (Å²) in [5, 5.41) is 0. The number of hydrogen-bond donors (Lipinski definition) is 1. The molecule has 1 aliphatic heterocycles. The number of nitrogens with zero attached hydrogens (tertiary/aromatic N) is 2. The maximum Gasteiger partial charge on any atom is 0.283 e. The number of ether oxygens (including phenoxy) is 2. The molecule has 0 unspecified atom stereocenters. The number of methoxy groups -OCH3 is 1. The normalized spacial score (nSPS) is 36.6. The van der Waals surface area contributed by atoms with E-state index in [9.17, 15) is 0 Å². The van der Waals surface area contributed by atoms with Crippen LogP contribution in [0.5, 0.6) is 0 Å². The van der Waals surface area contributed by atoms with Crippen molar-refractivity contribution in [2.45, 2.75) is 44.2 Å². The molecular weight excluding hydrogens is 350 g/mol. The summed E-state index contributed by atoms with van der Waals surface area (Å²) < 4.78 is 29.0. The van der Waals surface area contributed by atoms with Crippen molar-refractivity contribution in [2.75, 3.05) is 13.7 Å². The van der Waals surface area contributed by atoms with E-state index in [1.807, 2.05) is 24.3 Å². The topological polar surface area (TPSA) is 69.7 Å². The Morgan fingerprint density at radius 1 is 1.32 bits per heavy atom. The average molecular weight is 380 g/mol. The smallest absolute Gasteiger partial charge is 0.283 e. The molecule has 1 fully saturated rings. The molecule has 1 aromatic heterocycles. The third kappa shape index (κ3) is 2.42. The van der Waals surface area contributed by atoms with Crippen molar-refractivity contribution in [3.8, 4) is 11.3 Å². The molecule has 146 valence electrons. The third-order valence-electron chi connectivity index (χ3n) is 6.90. The zero-order valence-electron chi connectivity index (χ0n) is 18.3. The largest absolute Gasteiger partial charge is 0.462 e. The Labute approximate surface area is 168 Å². The van der Waals surface area contributed by atoms with Gasteiger partial charge in [-0.15, -0.1) is 0 Å². The molecule has 28 heavy (non-hydrogen) atoms. The summed E-state index contributed by atoms with van der Waals surface area (Å²) in [5.41, 5.74) is 8.21. The van der Waals surface area contributed by atoms with Gasteiger partial charge in [0.05, 0.1) is 14.5 Å². The second-order valence-electron chi connectivity index (χ2n) is 8.40. The average Bonchev–Trinajstić information content (AvgIpc) is 3.13. The molecule has 2 heterocycles. The van der Waals surface area contributed by atoms with Gasteiger partial charge in [0.25, 0.3) is 6.02 Å². The number of aromatic nitrogens is 1. The standard InChI is InChI=1S/C23H27N3O2/c1-15-12-22(9-8-20(15)27-2)13-17-7-6-16(19-5-3-4-10-25-19)11-18(17)23(22)14-28-21(24)26-23/h3-7,10-11,15,20H,8-9,12-14H2,1-2H3,(H2,24,26)/t15-,20-,22-,23+/m0/s1/i14D2.